The van der Waals surface area contributed by atoms with E-state index in [1.54, 1.807) is 19.2 Å². The number of hydrogen-bond donors (Lipinski definition) is 1. The van der Waals surface area contributed by atoms with E-state index >= 15 is 0 Å². The van der Waals surface area contributed by atoms with Gasteiger partial charge in [0.2, 0.25) is 0 Å². The monoisotopic (exact) mass is 292 g/mol. The molecule has 0 aromatic heterocycles. The number of hydrogen-bond acceptors (Lipinski definition) is 2. The predicted octanol–water partition coefficient (Wildman–Crippen LogP) is 3.33. The van der Waals surface area contributed by atoms with Crippen LogP contribution < -0.4 is 5.73 Å². The molecule has 2 N–H and O–H groups in total. The Morgan fingerprint density at radius 1 is 1.30 bits per heavy atom. The maximum Gasteiger partial charge on any atom is 0.253 e. The summed E-state index contributed by atoms with van der Waals surface area (Å²) in [7, 11) is 1.67. The fraction of sp³-hybridized carbons (Fsp3) is 0.133. The quantitative estimate of drug-likeness (QED) is 0.882. The van der Waals surface area contributed by atoms with Crippen molar-refractivity contribution in [3.8, 4) is 0 Å². The van der Waals surface area contributed by atoms with Crippen LogP contribution in [0.3, 0.4) is 0 Å². The van der Waals surface area contributed by atoms with Gasteiger partial charge in [-0.05, 0) is 35.9 Å². The molecule has 104 valence electrons. The number of nitrogens with zero attached hydrogens (tertiary/aromatic N) is 1. The first kappa shape index (κ1) is 14.3. The zero-order valence-electron chi connectivity index (χ0n) is 10.9. The van der Waals surface area contributed by atoms with Gasteiger partial charge in [-0.25, -0.2) is 4.39 Å². The lowest BCUT2D eigenvalue weighted by Crippen LogP contribution is -2.26. The number of rotatable bonds is 3. The minimum absolute atomic E-state index is 0.0618. The van der Waals surface area contributed by atoms with Crippen molar-refractivity contribution in [3.63, 3.8) is 0 Å². The van der Waals surface area contributed by atoms with Crippen LogP contribution in [0.5, 0.6) is 0 Å². The summed E-state index contributed by atoms with van der Waals surface area (Å²) in [4.78, 5) is 13.7. The second kappa shape index (κ2) is 5.92. The summed E-state index contributed by atoms with van der Waals surface area (Å²) in [6, 6.07) is 11.2. The van der Waals surface area contributed by atoms with E-state index in [9.17, 15) is 9.18 Å². The topological polar surface area (TPSA) is 46.3 Å². The largest absolute Gasteiger partial charge is 0.399 e. The lowest BCUT2D eigenvalue weighted by Gasteiger charge is -2.17. The van der Waals surface area contributed by atoms with Crippen molar-refractivity contribution in [1.29, 1.82) is 0 Å². The molecule has 0 aliphatic rings. The summed E-state index contributed by atoms with van der Waals surface area (Å²) in [6.45, 7) is 0.416. The summed E-state index contributed by atoms with van der Waals surface area (Å²) in [5.41, 5.74) is 7.62. The molecule has 0 saturated heterocycles. The second-order valence-electron chi connectivity index (χ2n) is 4.54. The molecule has 0 spiro atoms. The first-order valence-electron chi connectivity index (χ1n) is 6.02. The van der Waals surface area contributed by atoms with Crippen LogP contribution in [0.1, 0.15) is 15.9 Å². The average Bonchev–Trinajstić information content (AvgIpc) is 2.41. The van der Waals surface area contributed by atoms with Gasteiger partial charge in [0.15, 0.2) is 0 Å². The summed E-state index contributed by atoms with van der Waals surface area (Å²) >= 11 is 5.68. The molecule has 2 rings (SSSR count). The van der Waals surface area contributed by atoms with Crippen molar-refractivity contribution < 1.29 is 9.18 Å². The molecule has 20 heavy (non-hydrogen) atoms. The van der Waals surface area contributed by atoms with Gasteiger partial charge in [-0.15, -0.1) is 0 Å². The molecule has 0 atom stereocenters. The third-order valence-electron chi connectivity index (χ3n) is 2.88. The SMILES string of the molecule is CN(Cc1cccc(N)c1)C(=O)c1ccc(F)c(Cl)c1. The van der Waals surface area contributed by atoms with E-state index in [-0.39, 0.29) is 10.9 Å². The van der Waals surface area contributed by atoms with Crippen molar-refractivity contribution >= 4 is 23.2 Å². The molecular formula is C15H14ClFN2O. The fourth-order valence-electron chi connectivity index (χ4n) is 1.89. The molecule has 0 fully saturated rings. The normalized spacial score (nSPS) is 10.3. The van der Waals surface area contributed by atoms with Crippen LogP contribution in [0.4, 0.5) is 10.1 Å². The number of nitrogen functional groups attached to an aromatic ring is 1. The number of nitrogens with two attached hydrogens (primary N) is 1. The first-order chi connectivity index (χ1) is 9.47. The first-order valence-corrected chi connectivity index (χ1v) is 6.40. The lowest BCUT2D eigenvalue weighted by atomic mass is 10.1. The van der Waals surface area contributed by atoms with Crippen molar-refractivity contribution in [2.75, 3.05) is 12.8 Å². The van der Waals surface area contributed by atoms with Crippen LogP contribution in [0.15, 0.2) is 42.5 Å². The summed E-state index contributed by atoms with van der Waals surface area (Å²) < 4.78 is 13.1. The second-order valence-corrected chi connectivity index (χ2v) is 4.94. The molecule has 5 heteroatoms. The predicted molar refractivity (Wildman–Crippen MR) is 78.1 cm³/mol. The molecule has 0 unspecified atom stereocenters. The minimum atomic E-state index is -0.540. The van der Waals surface area contributed by atoms with Crippen molar-refractivity contribution in [2.45, 2.75) is 6.54 Å². The van der Waals surface area contributed by atoms with Crippen molar-refractivity contribution in [1.82, 2.24) is 4.90 Å². The van der Waals surface area contributed by atoms with Gasteiger partial charge in [0, 0.05) is 24.8 Å². The Balaban J connectivity index is 2.14. The highest BCUT2D eigenvalue weighted by Crippen LogP contribution is 2.18. The van der Waals surface area contributed by atoms with Gasteiger partial charge in [-0.2, -0.15) is 0 Å². The van der Waals surface area contributed by atoms with Gasteiger partial charge < -0.3 is 10.6 Å². The molecule has 2 aromatic rings. The molecule has 0 heterocycles. The Kier molecular flexibility index (Phi) is 4.25. The number of anilines is 1. The molecule has 0 bridgehead atoms. The van der Waals surface area contributed by atoms with E-state index in [0.29, 0.717) is 17.8 Å². The van der Waals surface area contributed by atoms with E-state index in [2.05, 4.69) is 0 Å². The minimum Gasteiger partial charge on any atom is -0.399 e. The molecule has 2 aromatic carbocycles. The molecule has 0 saturated carbocycles. The van der Waals surface area contributed by atoms with Crippen LogP contribution >= 0.6 is 11.6 Å². The van der Waals surface area contributed by atoms with Gasteiger partial charge >= 0.3 is 0 Å². The van der Waals surface area contributed by atoms with Crippen molar-refractivity contribution in [2.24, 2.45) is 0 Å². The van der Waals surface area contributed by atoms with E-state index in [1.807, 2.05) is 12.1 Å². The van der Waals surface area contributed by atoms with Crippen LogP contribution in [0.25, 0.3) is 0 Å². The molecule has 1 amide bonds. The molecule has 0 radical (unpaired) electrons. The maximum absolute atomic E-state index is 13.1. The summed E-state index contributed by atoms with van der Waals surface area (Å²) in [6.07, 6.45) is 0. The van der Waals surface area contributed by atoms with Crippen molar-refractivity contribution in [3.05, 3.63) is 64.4 Å². The Bertz CT molecular complexity index is 646. The summed E-state index contributed by atoms with van der Waals surface area (Å²) in [5, 5.41) is -0.0618. The van der Waals surface area contributed by atoms with Crippen LogP contribution in [0, 0.1) is 5.82 Å². The van der Waals surface area contributed by atoms with Gasteiger partial charge in [0.25, 0.3) is 5.91 Å². The Hall–Kier alpha value is -2.07. The zero-order chi connectivity index (χ0) is 14.7. The van der Waals surface area contributed by atoms with Crippen LogP contribution in [-0.4, -0.2) is 17.9 Å². The smallest absolute Gasteiger partial charge is 0.253 e. The van der Waals surface area contributed by atoms with Gasteiger partial charge in [0.05, 0.1) is 5.02 Å². The number of halogens is 2. The Labute approximate surface area is 121 Å². The highest BCUT2D eigenvalue weighted by Gasteiger charge is 2.13. The number of amides is 1. The third-order valence-corrected chi connectivity index (χ3v) is 3.17. The number of carbonyl (C=O) groups excluding carboxylic acids is 1. The zero-order valence-corrected chi connectivity index (χ0v) is 11.7. The fourth-order valence-corrected chi connectivity index (χ4v) is 2.07. The van der Waals surface area contributed by atoms with Gasteiger partial charge in [-0.3, -0.25) is 4.79 Å². The Morgan fingerprint density at radius 2 is 2.05 bits per heavy atom. The van der Waals surface area contributed by atoms with Gasteiger partial charge in [-0.1, -0.05) is 23.7 Å². The summed E-state index contributed by atoms with van der Waals surface area (Å²) in [5.74, 6) is -0.768. The number of benzene rings is 2. The van der Waals surface area contributed by atoms with E-state index in [1.165, 1.54) is 23.1 Å². The standard InChI is InChI=1S/C15H14ClFN2O/c1-19(9-10-3-2-4-12(18)7-10)15(20)11-5-6-14(17)13(16)8-11/h2-8H,9,18H2,1H3. The molecular weight excluding hydrogens is 279 g/mol. The van der Waals surface area contributed by atoms with E-state index in [0.717, 1.165) is 5.56 Å². The van der Waals surface area contributed by atoms with Gasteiger partial charge in [0.1, 0.15) is 5.82 Å². The Morgan fingerprint density at radius 3 is 2.70 bits per heavy atom. The average molecular weight is 293 g/mol. The molecule has 3 nitrogen and oxygen atoms in total. The maximum atomic E-state index is 13.1. The molecule has 0 aliphatic heterocycles. The highest BCUT2D eigenvalue weighted by molar-refractivity contribution is 6.31. The third kappa shape index (κ3) is 3.27. The lowest BCUT2D eigenvalue weighted by molar-refractivity contribution is 0.0785. The highest BCUT2D eigenvalue weighted by atomic mass is 35.5. The van der Waals surface area contributed by atoms with E-state index in [4.69, 9.17) is 17.3 Å². The molecule has 0 aliphatic carbocycles. The van der Waals surface area contributed by atoms with Crippen LogP contribution in [0.2, 0.25) is 5.02 Å². The number of carbonyl (C=O) groups is 1. The van der Waals surface area contributed by atoms with E-state index < -0.39 is 5.82 Å². The van der Waals surface area contributed by atoms with Crippen LogP contribution in [-0.2, 0) is 6.54 Å².